The van der Waals surface area contributed by atoms with E-state index in [-0.39, 0.29) is 6.10 Å². The highest BCUT2D eigenvalue weighted by molar-refractivity contribution is 5.40. The fraction of sp³-hybridized carbons (Fsp3) is 0.417. The van der Waals surface area contributed by atoms with Crippen LogP contribution < -0.4 is 0 Å². The van der Waals surface area contributed by atoms with Crippen LogP contribution in [0, 0.1) is 0 Å². The third-order valence-electron chi connectivity index (χ3n) is 2.96. The van der Waals surface area contributed by atoms with Crippen LogP contribution in [0.1, 0.15) is 31.1 Å². The molecule has 0 bridgehead atoms. The monoisotopic (exact) mass is 202 g/mol. The Hall–Kier alpha value is -1.35. The molecule has 3 heteroatoms. The summed E-state index contributed by atoms with van der Waals surface area (Å²) in [4.78, 5) is 4.38. The first-order chi connectivity index (χ1) is 7.45. The molecule has 1 fully saturated rings. The number of hydrogen-bond acceptors (Lipinski definition) is 2. The molecule has 1 aliphatic heterocycles. The van der Waals surface area contributed by atoms with Gasteiger partial charge in [-0.05, 0) is 31.4 Å². The molecular formula is C12H14N2O. The average molecular weight is 202 g/mol. The van der Waals surface area contributed by atoms with E-state index in [1.165, 1.54) is 18.5 Å². The van der Waals surface area contributed by atoms with Crippen molar-refractivity contribution in [1.82, 2.24) is 9.38 Å². The summed E-state index contributed by atoms with van der Waals surface area (Å²) in [5, 5.41) is 0. The van der Waals surface area contributed by atoms with Crippen molar-refractivity contribution in [1.29, 1.82) is 0 Å². The van der Waals surface area contributed by atoms with Gasteiger partial charge in [0.1, 0.15) is 5.65 Å². The second-order valence-electron chi connectivity index (χ2n) is 3.97. The summed E-state index contributed by atoms with van der Waals surface area (Å²) in [5.41, 5.74) is 2.19. The molecule has 0 aromatic carbocycles. The van der Waals surface area contributed by atoms with E-state index in [1.54, 1.807) is 0 Å². The third kappa shape index (κ3) is 1.53. The second-order valence-corrected chi connectivity index (χ2v) is 3.97. The predicted octanol–water partition coefficient (Wildman–Crippen LogP) is 2.58. The Morgan fingerprint density at radius 2 is 2.33 bits per heavy atom. The topological polar surface area (TPSA) is 26.5 Å². The summed E-state index contributed by atoms with van der Waals surface area (Å²) >= 11 is 0. The maximum atomic E-state index is 5.77. The van der Waals surface area contributed by atoms with Crippen LogP contribution in [-0.4, -0.2) is 16.0 Å². The normalized spacial score (nSPS) is 22.0. The molecule has 1 saturated heterocycles. The standard InChI is InChI=1S/C12H14N2O/c1-3-7-14-10(9-13-12(14)6-1)11-5-2-4-8-15-11/h1,3,6-7,9,11H,2,4-5,8H2/t11-/m0/s1. The summed E-state index contributed by atoms with van der Waals surface area (Å²) in [6.07, 6.45) is 7.78. The predicted molar refractivity (Wildman–Crippen MR) is 57.7 cm³/mol. The van der Waals surface area contributed by atoms with Crippen molar-refractivity contribution < 1.29 is 4.74 Å². The zero-order valence-corrected chi connectivity index (χ0v) is 8.60. The van der Waals surface area contributed by atoms with Crippen LogP contribution in [0.2, 0.25) is 0 Å². The first-order valence-corrected chi connectivity index (χ1v) is 5.49. The molecule has 78 valence electrons. The van der Waals surface area contributed by atoms with Gasteiger partial charge in [0.05, 0.1) is 18.0 Å². The van der Waals surface area contributed by atoms with Gasteiger partial charge in [-0.15, -0.1) is 0 Å². The summed E-state index contributed by atoms with van der Waals surface area (Å²) in [6.45, 7) is 0.880. The molecule has 2 aromatic rings. The van der Waals surface area contributed by atoms with Crippen molar-refractivity contribution in [3.63, 3.8) is 0 Å². The van der Waals surface area contributed by atoms with E-state index in [0.29, 0.717) is 0 Å². The highest BCUT2D eigenvalue weighted by Crippen LogP contribution is 2.27. The molecule has 0 aliphatic carbocycles. The fourth-order valence-electron chi connectivity index (χ4n) is 2.16. The van der Waals surface area contributed by atoms with Crippen LogP contribution in [0.25, 0.3) is 5.65 Å². The van der Waals surface area contributed by atoms with Gasteiger partial charge in [-0.2, -0.15) is 0 Å². The zero-order chi connectivity index (χ0) is 10.1. The number of hydrogen-bond donors (Lipinski definition) is 0. The van der Waals surface area contributed by atoms with Gasteiger partial charge in [-0.25, -0.2) is 4.98 Å². The van der Waals surface area contributed by atoms with Crippen molar-refractivity contribution in [2.45, 2.75) is 25.4 Å². The Morgan fingerprint density at radius 1 is 1.33 bits per heavy atom. The largest absolute Gasteiger partial charge is 0.372 e. The molecule has 0 spiro atoms. The second kappa shape index (κ2) is 3.66. The Bertz CT molecular complexity index is 457. The lowest BCUT2D eigenvalue weighted by Gasteiger charge is -2.22. The SMILES string of the molecule is c1ccn2c([C@@H]3CCCCO3)cnc2c1. The molecule has 1 atom stereocenters. The van der Waals surface area contributed by atoms with Crippen molar-refractivity contribution >= 4 is 5.65 Å². The summed E-state index contributed by atoms with van der Waals surface area (Å²) in [5.74, 6) is 0. The Labute approximate surface area is 88.7 Å². The van der Waals surface area contributed by atoms with Crippen molar-refractivity contribution in [3.05, 3.63) is 36.3 Å². The van der Waals surface area contributed by atoms with Gasteiger partial charge in [-0.3, -0.25) is 0 Å². The lowest BCUT2D eigenvalue weighted by molar-refractivity contribution is 0.0118. The Kier molecular flexibility index (Phi) is 2.18. The smallest absolute Gasteiger partial charge is 0.136 e. The summed E-state index contributed by atoms with van der Waals surface area (Å²) in [6, 6.07) is 6.06. The molecule has 0 saturated carbocycles. The van der Waals surface area contributed by atoms with Crippen molar-refractivity contribution in [2.24, 2.45) is 0 Å². The Morgan fingerprint density at radius 3 is 3.20 bits per heavy atom. The minimum absolute atomic E-state index is 0.233. The van der Waals surface area contributed by atoms with Gasteiger partial charge in [-0.1, -0.05) is 6.07 Å². The van der Waals surface area contributed by atoms with E-state index in [9.17, 15) is 0 Å². The molecule has 0 radical (unpaired) electrons. The molecular weight excluding hydrogens is 188 g/mol. The van der Waals surface area contributed by atoms with Gasteiger partial charge in [0.2, 0.25) is 0 Å². The molecule has 0 amide bonds. The van der Waals surface area contributed by atoms with E-state index in [1.807, 2.05) is 24.4 Å². The van der Waals surface area contributed by atoms with Crippen LogP contribution in [0.4, 0.5) is 0 Å². The lowest BCUT2D eigenvalue weighted by Crippen LogP contribution is -2.13. The average Bonchev–Trinajstić information content (AvgIpc) is 2.74. The zero-order valence-electron chi connectivity index (χ0n) is 8.60. The van der Waals surface area contributed by atoms with E-state index in [2.05, 4.69) is 15.6 Å². The molecule has 1 aliphatic rings. The highest BCUT2D eigenvalue weighted by Gasteiger charge is 2.19. The van der Waals surface area contributed by atoms with Crippen molar-refractivity contribution in [3.8, 4) is 0 Å². The number of pyridine rings is 1. The minimum Gasteiger partial charge on any atom is -0.372 e. The quantitative estimate of drug-likeness (QED) is 0.710. The number of rotatable bonds is 1. The number of nitrogens with zero attached hydrogens (tertiary/aromatic N) is 2. The molecule has 3 heterocycles. The number of ether oxygens (including phenoxy) is 1. The number of aromatic nitrogens is 2. The van der Waals surface area contributed by atoms with Gasteiger partial charge in [0.25, 0.3) is 0 Å². The maximum Gasteiger partial charge on any atom is 0.136 e. The molecule has 3 rings (SSSR count). The van der Waals surface area contributed by atoms with E-state index in [4.69, 9.17) is 4.74 Å². The number of fused-ring (bicyclic) bond motifs is 1. The highest BCUT2D eigenvalue weighted by atomic mass is 16.5. The van der Waals surface area contributed by atoms with E-state index in [0.717, 1.165) is 18.7 Å². The van der Waals surface area contributed by atoms with E-state index < -0.39 is 0 Å². The minimum atomic E-state index is 0.233. The van der Waals surface area contributed by atoms with Gasteiger partial charge in [0.15, 0.2) is 0 Å². The summed E-state index contributed by atoms with van der Waals surface area (Å²) in [7, 11) is 0. The van der Waals surface area contributed by atoms with Crippen LogP contribution in [0.3, 0.4) is 0 Å². The number of imidazole rings is 1. The Balaban J connectivity index is 2.02. The first-order valence-electron chi connectivity index (χ1n) is 5.49. The fourth-order valence-corrected chi connectivity index (χ4v) is 2.16. The molecule has 3 nitrogen and oxygen atoms in total. The first kappa shape index (κ1) is 8.92. The maximum absolute atomic E-state index is 5.77. The summed E-state index contributed by atoms with van der Waals surface area (Å²) < 4.78 is 7.89. The van der Waals surface area contributed by atoms with Crippen LogP contribution in [0.15, 0.2) is 30.6 Å². The molecule has 2 aromatic heterocycles. The molecule has 0 N–H and O–H groups in total. The van der Waals surface area contributed by atoms with Gasteiger partial charge in [0, 0.05) is 12.8 Å². The lowest BCUT2D eigenvalue weighted by atomic mass is 10.1. The molecule has 0 unspecified atom stereocenters. The van der Waals surface area contributed by atoms with Crippen LogP contribution >= 0.6 is 0 Å². The van der Waals surface area contributed by atoms with Crippen LogP contribution in [-0.2, 0) is 4.74 Å². The van der Waals surface area contributed by atoms with Crippen LogP contribution in [0.5, 0.6) is 0 Å². The van der Waals surface area contributed by atoms with Crippen molar-refractivity contribution in [2.75, 3.05) is 6.61 Å². The van der Waals surface area contributed by atoms with Gasteiger partial charge >= 0.3 is 0 Å². The van der Waals surface area contributed by atoms with Gasteiger partial charge < -0.3 is 9.14 Å². The van der Waals surface area contributed by atoms with E-state index >= 15 is 0 Å². The molecule has 15 heavy (non-hydrogen) atoms. The third-order valence-corrected chi connectivity index (χ3v) is 2.96.